The van der Waals surface area contributed by atoms with E-state index in [1.54, 1.807) is 12.4 Å². The second-order valence-corrected chi connectivity index (χ2v) is 12.1. The van der Waals surface area contributed by atoms with Crippen LogP contribution < -0.4 is 27.4 Å². The van der Waals surface area contributed by atoms with Gasteiger partial charge < -0.3 is 23.3 Å². The number of nitrogens with two attached hydrogens (primary N) is 1. The van der Waals surface area contributed by atoms with Crippen LogP contribution in [-0.4, -0.2) is 6.54 Å². The first-order valence-corrected chi connectivity index (χ1v) is 17.1. The van der Waals surface area contributed by atoms with Crippen molar-refractivity contribution in [3.05, 3.63) is 65.4 Å². The molecule has 4 nitrogen and oxygen atoms in total. The molecule has 0 unspecified atom stereocenters. The predicted molar refractivity (Wildman–Crippen MR) is 170 cm³/mol. The lowest BCUT2D eigenvalue weighted by Gasteiger charge is -2.04. The molecule has 234 valence electrons. The standard InChI is InChI=1S/C36H62N3O.ClH/c37-29-21-17-13-9-5-1-3-7-11-15-19-25-35-27-23-31-38(33-35)30-22-18-14-10-6-2-4-8-12-16-20-26-36-28-24-32-39(40)34-36;/h23-24,27-28,31-34H,1-22,25-26,29-30,37H2;1H/q+1;/p-1. The lowest BCUT2D eigenvalue weighted by atomic mass is 10.0. The molecular formula is C36H62ClN3O. The van der Waals surface area contributed by atoms with Crippen LogP contribution in [0.4, 0.5) is 0 Å². The molecule has 2 aromatic rings. The number of unbranched alkanes of at least 4 members (excludes halogenated alkanes) is 20. The number of hydrogen-bond donors (Lipinski definition) is 1. The number of rotatable bonds is 27. The second-order valence-electron chi connectivity index (χ2n) is 12.1. The van der Waals surface area contributed by atoms with Crippen LogP contribution in [0.25, 0.3) is 0 Å². The van der Waals surface area contributed by atoms with E-state index in [0.717, 1.165) is 29.8 Å². The van der Waals surface area contributed by atoms with Crippen LogP contribution in [0.1, 0.15) is 152 Å². The van der Waals surface area contributed by atoms with Crippen LogP contribution in [0.15, 0.2) is 49.1 Å². The summed E-state index contributed by atoms with van der Waals surface area (Å²) in [5, 5.41) is 11.3. The predicted octanol–water partition coefficient (Wildman–Crippen LogP) is 5.94. The van der Waals surface area contributed by atoms with Crippen molar-refractivity contribution < 1.29 is 21.7 Å². The third-order valence-corrected chi connectivity index (χ3v) is 8.31. The summed E-state index contributed by atoms with van der Waals surface area (Å²) in [6, 6.07) is 8.46. The van der Waals surface area contributed by atoms with Crippen molar-refractivity contribution in [3.63, 3.8) is 0 Å². The van der Waals surface area contributed by atoms with E-state index < -0.39 is 0 Å². The van der Waals surface area contributed by atoms with Crippen molar-refractivity contribution >= 4 is 0 Å². The molecule has 0 saturated carbocycles. The zero-order chi connectivity index (χ0) is 28.4. The zero-order valence-corrected chi connectivity index (χ0v) is 27.0. The van der Waals surface area contributed by atoms with Gasteiger partial charge in [-0.25, -0.2) is 4.57 Å². The largest absolute Gasteiger partial charge is 1.00 e. The minimum atomic E-state index is 0. The fourth-order valence-corrected chi connectivity index (χ4v) is 5.79. The molecule has 0 amide bonds. The molecule has 2 N–H and O–H groups in total. The Balaban J connectivity index is 0.00000840. The highest BCUT2D eigenvalue weighted by atomic mass is 35.5. The van der Waals surface area contributed by atoms with Gasteiger partial charge in [0.05, 0.1) is 0 Å². The van der Waals surface area contributed by atoms with Gasteiger partial charge >= 0.3 is 0 Å². The molecule has 0 aliphatic heterocycles. The molecule has 0 bridgehead atoms. The van der Waals surface area contributed by atoms with E-state index in [1.807, 2.05) is 6.07 Å². The average Bonchev–Trinajstić information content (AvgIpc) is 2.96. The first-order chi connectivity index (χ1) is 19.8. The highest BCUT2D eigenvalue weighted by Gasteiger charge is 2.04. The third-order valence-electron chi connectivity index (χ3n) is 8.31. The van der Waals surface area contributed by atoms with Gasteiger partial charge in [-0.3, -0.25) is 0 Å². The quantitative estimate of drug-likeness (QED) is 0.0799. The molecule has 0 spiro atoms. The normalized spacial score (nSPS) is 11.0. The summed E-state index contributed by atoms with van der Waals surface area (Å²) in [5.74, 6) is 0. The summed E-state index contributed by atoms with van der Waals surface area (Å²) >= 11 is 0. The van der Waals surface area contributed by atoms with E-state index in [9.17, 15) is 5.21 Å². The lowest BCUT2D eigenvalue weighted by Crippen LogP contribution is -3.00. The smallest absolute Gasteiger partial charge is 0.183 e. The number of nitrogens with zero attached hydrogens (tertiary/aromatic N) is 2. The van der Waals surface area contributed by atoms with Gasteiger partial charge in [-0.15, -0.1) is 0 Å². The van der Waals surface area contributed by atoms with E-state index >= 15 is 0 Å². The lowest BCUT2D eigenvalue weighted by molar-refractivity contribution is -0.697. The molecule has 0 radical (unpaired) electrons. The molecule has 41 heavy (non-hydrogen) atoms. The monoisotopic (exact) mass is 587 g/mol. The highest BCUT2D eigenvalue weighted by Crippen LogP contribution is 2.14. The molecular weight excluding hydrogens is 526 g/mol. The summed E-state index contributed by atoms with van der Waals surface area (Å²) in [6.45, 7) is 2.02. The fourth-order valence-electron chi connectivity index (χ4n) is 5.79. The van der Waals surface area contributed by atoms with Crippen LogP contribution in [0.2, 0.25) is 0 Å². The third kappa shape index (κ3) is 21.7. The molecule has 0 atom stereocenters. The van der Waals surface area contributed by atoms with E-state index in [0.29, 0.717) is 0 Å². The zero-order valence-electron chi connectivity index (χ0n) is 26.3. The van der Waals surface area contributed by atoms with Crippen molar-refractivity contribution in [2.45, 2.75) is 161 Å². The summed E-state index contributed by atoms with van der Waals surface area (Å²) in [5.41, 5.74) is 8.23. The van der Waals surface area contributed by atoms with E-state index in [4.69, 9.17) is 5.73 Å². The number of aryl methyl sites for hydroxylation is 3. The maximum atomic E-state index is 11.3. The van der Waals surface area contributed by atoms with Gasteiger partial charge in [-0.2, -0.15) is 4.73 Å². The Morgan fingerprint density at radius 1 is 0.488 bits per heavy atom. The summed E-state index contributed by atoms with van der Waals surface area (Å²) < 4.78 is 3.32. The van der Waals surface area contributed by atoms with Crippen molar-refractivity contribution in [2.75, 3.05) is 6.54 Å². The summed E-state index contributed by atoms with van der Waals surface area (Å²) in [7, 11) is 0. The second kappa shape index (κ2) is 27.2. The molecule has 2 aromatic heterocycles. The summed E-state index contributed by atoms with van der Waals surface area (Å²) in [4.78, 5) is 0. The molecule has 0 aromatic carbocycles. The van der Waals surface area contributed by atoms with Gasteiger partial charge in [0.25, 0.3) is 0 Å². The molecule has 0 aliphatic carbocycles. The topological polar surface area (TPSA) is 56.8 Å². The highest BCUT2D eigenvalue weighted by molar-refractivity contribution is 5.05. The Hall–Kier alpha value is -1.65. The van der Waals surface area contributed by atoms with Crippen LogP contribution in [-0.2, 0) is 19.4 Å². The minimum absolute atomic E-state index is 0. The maximum absolute atomic E-state index is 11.3. The van der Waals surface area contributed by atoms with Gasteiger partial charge in [0.1, 0.15) is 6.54 Å². The Morgan fingerprint density at radius 3 is 1.34 bits per heavy atom. The van der Waals surface area contributed by atoms with Crippen molar-refractivity contribution in [3.8, 4) is 0 Å². The van der Waals surface area contributed by atoms with Gasteiger partial charge in [-0.05, 0) is 57.2 Å². The van der Waals surface area contributed by atoms with Crippen molar-refractivity contribution in [1.82, 2.24) is 0 Å². The molecule has 2 rings (SSSR count). The fraction of sp³-hybridized carbons (Fsp3) is 0.722. The first-order valence-electron chi connectivity index (χ1n) is 17.1. The molecule has 5 heteroatoms. The van der Waals surface area contributed by atoms with Crippen LogP contribution in [0, 0.1) is 5.21 Å². The van der Waals surface area contributed by atoms with E-state index in [-0.39, 0.29) is 12.4 Å². The first kappa shape index (κ1) is 37.4. The number of pyridine rings is 2. The van der Waals surface area contributed by atoms with Gasteiger partial charge in [-0.1, -0.05) is 109 Å². The van der Waals surface area contributed by atoms with Crippen LogP contribution in [0.5, 0.6) is 0 Å². The molecule has 0 aliphatic rings. The van der Waals surface area contributed by atoms with Gasteiger partial charge in [0.2, 0.25) is 0 Å². The van der Waals surface area contributed by atoms with Crippen LogP contribution >= 0.6 is 0 Å². The number of hydrogen-bond acceptors (Lipinski definition) is 2. The number of halogens is 1. The molecule has 0 saturated heterocycles. The van der Waals surface area contributed by atoms with Gasteiger partial charge in [0, 0.05) is 29.7 Å². The Morgan fingerprint density at radius 2 is 0.878 bits per heavy atom. The van der Waals surface area contributed by atoms with E-state index in [2.05, 4.69) is 35.2 Å². The summed E-state index contributed by atoms with van der Waals surface area (Å²) in [6.07, 6.45) is 40.0. The Labute approximate surface area is 259 Å². The van der Waals surface area contributed by atoms with Crippen LogP contribution in [0.3, 0.4) is 0 Å². The number of aromatic nitrogens is 2. The molecule has 2 heterocycles. The SMILES string of the molecule is NCCCCCCCCCCCCCc1ccc[n+](CCCCCCCCCCCCCc2ccc[n+]([O-])c2)c1.[Cl-]. The minimum Gasteiger partial charge on any atom is -1.00 e. The average molecular weight is 588 g/mol. The van der Waals surface area contributed by atoms with Crippen molar-refractivity contribution in [2.24, 2.45) is 5.73 Å². The van der Waals surface area contributed by atoms with Gasteiger partial charge in [0.15, 0.2) is 24.8 Å². The Bertz CT molecular complexity index is 847. The molecule has 0 fully saturated rings. The van der Waals surface area contributed by atoms with Crippen molar-refractivity contribution in [1.29, 1.82) is 0 Å². The van der Waals surface area contributed by atoms with E-state index in [1.165, 1.54) is 153 Å². The Kier molecular flexibility index (Phi) is 24.8. The maximum Gasteiger partial charge on any atom is 0.183 e.